The molecule has 0 saturated carbocycles. The Morgan fingerprint density at radius 1 is 1.12 bits per heavy atom. The number of benzene rings is 1. The summed E-state index contributed by atoms with van der Waals surface area (Å²) in [5.74, 6) is -0.183. The summed E-state index contributed by atoms with van der Waals surface area (Å²) >= 11 is 0. The van der Waals surface area contributed by atoms with Crippen molar-refractivity contribution < 1.29 is 23.8 Å². The molecule has 17 heavy (non-hydrogen) atoms. The molecule has 1 aromatic carbocycles. The van der Waals surface area contributed by atoms with Crippen molar-refractivity contribution in [1.82, 2.24) is 0 Å². The van der Waals surface area contributed by atoms with E-state index in [0.29, 0.717) is 11.5 Å². The molecule has 0 fully saturated rings. The fourth-order valence-corrected chi connectivity index (χ4v) is 1.29. The normalized spacial score (nSPS) is 9.59. The van der Waals surface area contributed by atoms with Gasteiger partial charge in [0, 0.05) is 0 Å². The maximum absolute atomic E-state index is 11.8. The van der Waals surface area contributed by atoms with E-state index in [1.165, 1.54) is 21.1 Å². The van der Waals surface area contributed by atoms with Gasteiger partial charge in [0.25, 0.3) is 0 Å². The van der Waals surface area contributed by atoms with Crippen LogP contribution in [0.1, 0.15) is 17.3 Å². The molecule has 0 spiro atoms. The predicted octanol–water partition coefficient (Wildman–Crippen LogP) is 1.45. The summed E-state index contributed by atoms with van der Waals surface area (Å²) in [6.07, 6.45) is 0. The Kier molecular flexibility index (Phi) is 4.51. The van der Waals surface area contributed by atoms with E-state index in [4.69, 9.17) is 14.2 Å². The summed E-state index contributed by atoms with van der Waals surface area (Å²) in [7, 11) is 2.88. The summed E-state index contributed by atoms with van der Waals surface area (Å²) in [6.45, 7) is 1.08. The van der Waals surface area contributed by atoms with E-state index in [1.807, 2.05) is 0 Å². The molecule has 0 amide bonds. The molecule has 92 valence electrons. The Bertz CT molecular complexity index is 403. The third-order valence-electron chi connectivity index (χ3n) is 2.04. The molecule has 1 rings (SSSR count). The van der Waals surface area contributed by atoms with Gasteiger partial charge in [0.05, 0.1) is 14.2 Å². The number of ether oxygens (including phenoxy) is 3. The van der Waals surface area contributed by atoms with Crippen molar-refractivity contribution >= 4 is 11.8 Å². The van der Waals surface area contributed by atoms with Crippen molar-refractivity contribution in [3.63, 3.8) is 0 Å². The lowest BCUT2D eigenvalue weighted by atomic mass is 10.2. The van der Waals surface area contributed by atoms with Crippen LogP contribution in [0, 0.1) is 0 Å². The minimum atomic E-state index is -0.644. The highest BCUT2D eigenvalue weighted by Crippen LogP contribution is 2.28. The van der Waals surface area contributed by atoms with Crippen LogP contribution in [-0.2, 0) is 9.53 Å². The number of methoxy groups -OCH3 is 2. The lowest BCUT2D eigenvalue weighted by molar-refractivity contribution is -0.120. The molecule has 0 aliphatic carbocycles. The standard InChI is InChI=1S/C12H14O5/c1-8(13)7-17-12(14)11-9(15-2)5-4-6-10(11)16-3/h4-6H,7H2,1-3H3. The van der Waals surface area contributed by atoms with E-state index in [2.05, 4.69) is 0 Å². The molecule has 0 heterocycles. The smallest absolute Gasteiger partial charge is 0.346 e. The highest BCUT2D eigenvalue weighted by Gasteiger charge is 2.19. The van der Waals surface area contributed by atoms with Gasteiger partial charge in [0.1, 0.15) is 23.7 Å². The average molecular weight is 238 g/mol. The van der Waals surface area contributed by atoms with Gasteiger partial charge in [-0.1, -0.05) is 6.07 Å². The fourth-order valence-electron chi connectivity index (χ4n) is 1.29. The van der Waals surface area contributed by atoms with E-state index >= 15 is 0 Å². The van der Waals surface area contributed by atoms with Crippen molar-refractivity contribution in [3.8, 4) is 11.5 Å². The number of hydrogen-bond acceptors (Lipinski definition) is 5. The number of esters is 1. The largest absolute Gasteiger partial charge is 0.496 e. The van der Waals surface area contributed by atoms with Gasteiger partial charge in [0.15, 0.2) is 5.78 Å². The Balaban J connectivity index is 3.01. The van der Waals surface area contributed by atoms with Crippen molar-refractivity contribution in [2.75, 3.05) is 20.8 Å². The second-order valence-corrected chi connectivity index (χ2v) is 3.32. The van der Waals surface area contributed by atoms with Crippen LogP contribution in [0.5, 0.6) is 11.5 Å². The van der Waals surface area contributed by atoms with Gasteiger partial charge < -0.3 is 14.2 Å². The molecule has 0 aliphatic heterocycles. The average Bonchev–Trinajstić information content (AvgIpc) is 2.34. The SMILES string of the molecule is COc1cccc(OC)c1C(=O)OCC(C)=O. The molecule has 5 nitrogen and oxygen atoms in total. The lowest BCUT2D eigenvalue weighted by Gasteiger charge is -2.11. The highest BCUT2D eigenvalue weighted by molar-refractivity contribution is 5.96. The van der Waals surface area contributed by atoms with Crippen LogP contribution < -0.4 is 9.47 Å². The number of hydrogen-bond donors (Lipinski definition) is 0. The monoisotopic (exact) mass is 238 g/mol. The highest BCUT2D eigenvalue weighted by atomic mass is 16.5. The van der Waals surface area contributed by atoms with Gasteiger partial charge in [-0.05, 0) is 19.1 Å². The number of ketones is 1. The van der Waals surface area contributed by atoms with Gasteiger partial charge in [-0.25, -0.2) is 4.79 Å². The van der Waals surface area contributed by atoms with E-state index < -0.39 is 5.97 Å². The Hall–Kier alpha value is -2.04. The van der Waals surface area contributed by atoms with Crippen molar-refractivity contribution in [1.29, 1.82) is 0 Å². The third-order valence-corrected chi connectivity index (χ3v) is 2.04. The second kappa shape index (κ2) is 5.89. The molecule has 0 N–H and O–H groups in total. The lowest BCUT2D eigenvalue weighted by Crippen LogP contribution is -2.13. The maximum atomic E-state index is 11.8. The minimum Gasteiger partial charge on any atom is -0.496 e. The van der Waals surface area contributed by atoms with Crippen LogP contribution in [0.2, 0.25) is 0 Å². The van der Waals surface area contributed by atoms with Crippen LogP contribution in [-0.4, -0.2) is 32.6 Å². The number of carbonyl (C=O) groups is 2. The van der Waals surface area contributed by atoms with Crippen molar-refractivity contribution in [3.05, 3.63) is 23.8 Å². The van der Waals surface area contributed by atoms with Crippen molar-refractivity contribution in [2.24, 2.45) is 0 Å². The topological polar surface area (TPSA) is 61.8 Å². The minimum absolute atomic E-state index is 0.179. The van der Waals surface area contributed by atoms with Gasteiger partial charge in [-0.3, -0.25) is 4.79 Å². The first-order chi connectivity index (χ1) is 8.10. The number of rotatable bonds is 5. The Morgan fingerprint density at radius 2 is 1.65 bits per heavy atom. The zero-order valence-corrected chi connectivity index (χ0v) is 9.98. The Labute approximate surface area is 99.3 Å². The van der Waals surface area contributed by atoms with Crippen LogP contribution in [0.3, 0.4) is 0 Å². The van der Waals surface area contributed by atoms with E-state index in [1.54, 1.807) is 18.2 Å². The molecule has 0 bridgehead atoms. The molecule has 0 radical (unpaired) electrons. The van der Waals surface area contributed by atoms with Gasteiger partial charge in [-0.2, -0.15) is 0 Å². The molecular formula is C12H14O5. The third kappa shape index (κ3) is 3.21. The van der Waals surface area contributed by atoms with E-state index in [9.17, 15) is 9.59 Å². The quantitative estimate of drug-likeness (QED) is 0.726. The summed E-state index contributed by atoms with van der Waals surface area (Å²) in [6, 6.07) is 4.93. The molecule has 5 heteroatoms. The molecule has 0 unspecified atom stereocenters. The van der Waals surface area contributed by atoms with Crippen LogP contribution in [0.15, 0.2) is 18.2 Å². The van der Waals surface area contributed by atoms with Gasteiger partial charge in [-0.15, -0.1) is 0 Å². The summed E-state index contributed by atoms with van der Waals surface area (Å²) in [4.78, 5) is 22.5. The first-order valence-corrected chi connectivity index (χ1v) is 4.97. The van der Waals surface area contributed by atoms with Crippen molar-refractivity contribution in [2.45, 2.75) is 6.92 Å². The van der Waals surface area contributed by atoms with Crippen LogP contribution >= 0.6 is 0 Å². The summed E-state index contributed by atoms with van der Waals surface area (Å²) < 4.78 is 14.9. The first kappa shape index (κ1) is 13.0. The van der Waals surface area contributed by atoms with Gasteiger partial charge in [0.2, 0.25) is 0 Å². The first-order valence-electron chi connectivity index (χ1n) is 4.97. The van der Waals surface area contributed by atoms with E-state index in [-0.39, 0.29) is 18.0 Å². The zero-order chi connectivity index (χ0) is 12.8. The summed E-state index contributed by atoms with van der Waals surface area (Å²) in [5, 5.41) is 0. The molecule has 0 atom stereocenters. The molecule has 0 saturated heterocycles. The van der Waals surface area contributed by atoms with Crippen LogP contribution in [0.4, 0.5) is 0 Å². The number of carbonyl (C=O) groups excluding carboxylic acids is 2. The van der Waals surface area contributed by atoms with E-state index in [0.717, 1.165) is 0 Å². The van der Waals surface area contributed by atoms with Gasteiger partial charge >= 0.3 is 5.97 Å². The van der Waals surface area contributed by atoms with Crippen LogP contribution in [0.25, 0.3) is 0 Å². The Morgan fingerprint density at radius 3 is 2.06 bits per heavy atom. The molecule has 0 aliphatic rings. The predicted molar refractivity (Wildman–Crippen MR) is 60.5 cm³/mol. The molecular weight excluding hydrogens is 224 g/mol. The number of Topliss-reactive ketones (excluding diaryl/α,β-unsaturated/α-hetero) is 1. The molecule has 0 aromatic heterocycles. The molecule has 1 aromatic rings. The summed E-state index contributed by atoms with van der Waals surface area (Å²) in [5.41, 5.74) is 0.179. The fraction of sp³-hybridized carbons (Fsp3) is 0.333. The second-order valence-electron chi connectivity index (χ2n) is 3.32. The maximum Gasteiger partial charge on any atom is 0.346 e. The zero-order valence-electron chi connectivity index (χ0n) is 9.98.